The number of nitrogens with zero attached hydrogens (tertiary/aromatic N) is 1. The molecule has 0 unspecified atom stereocenters. The Morgan fingerprint density at radius 1 is 1.09 bits per heavy atom. The van der Waals surface area contributed by atoms with Crippen LogP contribution in [0.1, 0.15) is 58.9 Å². The molecule has 176 valence electrons. The highest BCUT2D eigenvalue weighted by molar-refractivity contribution is 5.81. The van der Waals surface area contributed by atoms with Gasteiger partial charge in [0.1, 0.15) is 18.2 Å². The summed E-state index contributed by atoms with van der Waals surface area (Å²) in [5, 5.41) is 2.49. The lowest BCUT2D eigenvalue weighted by atomic mass is 9.83. The van der Waals surface area contributed by atoms with Crippen molar-refractivity contribution in [2.24, 2.45) is 16.8 Å². The number of alkyl carbamates (subject to hydrolysis) is 1. The van der Waals surface area contributed by atoms with Crippen LogP contribution < -0.4 is 5.32 Å². The Labute approximate surface area is 189 Å². The van der Waals surface area contributed by atoms with Crippen LogP contribution in [0.5, 0.6) is 0 Å². The van der Waals surface area contributed by atoms with Gasteiger partial charge in [0.15, 0.2) is 0 Å². The number of amides is 2. The predicted octanol–water partition coefficient (Wildman–Crippen LogP) is 4.66. The Morgan fingerprint density at radius 2 is 1.75 bits per heavy atom. The largest absolute Gasteiger partial charge is 0.464 e. The van der Waals surface area contributed by atoms with Gasteiger partial charge in [0.25, 0.3) is 0 Å². The van der Waals surface area contributed by atoms with Crippen LogP contribution in [0.3, 0.4) is 0 Å². The molecule has 0 heterocycles. The van der Waals surface area contributed by atoms with E-state index in [0.717, 1.165) is 31.2 Å². The van der Waals surface area contributed by atoms with Crippen molar-refractivity contribution in [1.82, 2.24) is 5.32 Å². The zero-order valence-electron chi connectivity index (χ0n) is 19.3. The summed E-state index contributed by atoms with van der Waals surface area (Å²) in [5.74, 6) is -0.0212. The van der Waals surface area contributed by atoms with Crippen LogP contribution in [-0.4, -0.2) is 42.6 Å². The molecule has 0 bridgehead atoms. The van der Waals surface area contributed by atoms with Gasteiger partial charge in [0.05, 0.1) is 6.61 Å². The highest BCUT2D eigenvalue weighted by atomic mass is 16.6. The maximum atomic E-state index is 12.2. The molecule has 0 saturated heterocycles. The average Bonchev–Trinajstić information content (AvgIpc) is 2.75. The topological polar surface area (TPSA) is 103 Å². The SMILES string of the molecule is C[C@H](NC(=O)OCc1ccccc1)C(=O)OCC1CCC(/C=N/C(=O)OC(C)(C)C)CC1. The van der Waals surface area contributed by atoms with Gasteiger partial charge >= 0.3 is 18.2 Å². The molecule has 0 aromatic heterocycles. The lowest BCUT2D eigenvalue weighted by Gasteiger charge is -2.26. The first-order chi connectivity index (χ1) is 15.1. The Bertz CT molecular complexity index is 779. The van der Waals surface area contributed by atoms with Crippen LogP contribution in [0.15, 0.2) is 35.3 Å². The van der Waals surface area contributed by atoms with E-state index in [-0.39, 0.29) is 18.4 Å². The number of ether oxygens (including phenoxy) is 3. The van der Waals surface area contributed by atoms with Crippen molar-refractivity contribution in [3.8, 4) is 0 Å². The molecule has 1 aromatic carbocycles. The lowest BCUT2D eigenvalue weighted by Crippen LogP contribution is -2.40. The summed E-state index contributed by atoms with van der Waals surface area (Å²) in [5.41, 5.74) is 0.310. The molecular weight excluding hydrogens is 412 g/mol. The van der Waals surface area contributed by atoms with Crippen LogP contribution in [-0.2, 0) is 25.6 Å². The number of aliphatic imine (C=N–C) groups is 1. The van der Waals surface area contributed by atoms with E-state index in [9.17, 15) is 14.4 Å². The third-order valence-electron chi connectivity index (χ3n) is 5.04. The van der Waals surface area contributed by atoms with E-state index in [4.69, 9.17) is 14.2 Å². The van der Waals surface area contributed by atoms with Gasteiger partial charge in [0.2, 0.25) is 0 Å². The van der Waals surface area contributed by atoms with Gasteiger partial charge in [-0.3, -0.25) is 0 Å². The number of benzene rings is 1. The van der Waals surface area contributed by atoms with E-state index in [1.54, 1.807) is 33.9 Å². The van der Waals surface area contributed by atoms with E-state index < -0.39 is 29.8 Å². The Hall–Kier alpha value is -2.90. The summed E-state index contributed by atoms with van der Waals surface area (Å²) in [6.45, 7) is 7.41. The van der Waals surface area contributed by atoms with Crippen molar-refractivity contribution in [1.29, 1.82) is 0 Å². The fraction of sp³-hybridized carbons (Fsp3) is 0.583. The summed E-state index contributed by atoms with van der Waals surface area (Å²) in [7, 11) is 0. The minimum absolute atomic E-state index is 0.134. The quantitative estimate of drug-likeness (QED) is 0.371. The van der Waals surface area contributed by atoms with E-state index in [1.807, 2.05) is 30.3 Å². The van der Waals surface area contributed by atoms with Gasteiger partial charge < -0.3 is 19.5 Å². The first kappa shape index (κ1) is 25.4. The number of nitrogens with one attached hydrogen (secondary N) is 1. The fourth-order valence-corrected chi connectivity index (χ4v) is 3.28. The van der Waals surface area contributed by atoms with Crippen LogP contribution in [0.2, 0.25) is 0 Å². The molecule has 0 spiro atoms. The second-order valence-electron chi connectivity index (χ2n) is 9.10. The summed E-state index contributed by atoms with van der Waals surface area (Å²) in [6.07, 6.45) is 3.92. The molecule has 0 radical (unpaired) electrons. The lowest BCUT2D eigenvalue weighted by molar-refractivity contribution is -0.147. The standard InChI is InChI=1S/C24H34N2O6/c1-17(26-23(29)31-16-19-8-6-5-7-9-19)21(27)30-15-20-12-10-18(11-13-20)14-25-22(28)32-24(2,3)4/h5-9,14,17-18,20H,10-13,15-16H2,1-4H3,(H,26,29)/b25-14+/t17-,18?,20?/m0/s1. The van der Waals surface area contributed by atoms with Crippen LogP contribution in [0.4, 0.5) is 9.59 Å². The van der Waals surface area contributed by atoms with Crippen molar-refractivity contribution in [3.05, 3.63) is 35.9 Å². The Kier molecular flexibility index (Phi) is 9.68. The minimum atomic E-state index is -0.796. The highest BCUT2D eigenvalue weighted by Gasteiger charge is 2.24. The first-order valence-corrected chi connectivity index (χ1v) is 11.0. The predicted molar refractivity (Wildman–Crippen MR) is 120 cm³/mol. The molecule has 1 aliphatic carbocycles. The molecule has 2 rings (SSSR count). The summed E-state index contributed by atoms with van der Waals surface area (Å²) < 4.78 is 15.7. The van der Waals surface area contributed by atoms with Gasteiger partial charge in [0, 0.05) is 6.21 Å². The van der Waals surface area contributed by atoms with Crippen LogP contribution in [0, 0.1) is 11.8 Å². The van der Waals surface area contributed by atoms with Crippen molar-refractivity contribution < 1.29 is 28.6 Å². The van der Waals surface area contributed by atoms with E-state index in [1.165, 1.54) is 0 Å². The first-order valence-electron chi connectivity index (χ1n) is 11.0. The van der Waals surface area contributed by atoms with Gasteiger partial charge in [-0.2, -0.15) is 4.99 Å². The monoisotopic (exact) mass is 446 g/mol. The second-order valence-corrected chi connectivity index (χ2v) is 9.10. The number of hydrogen-bond acceptors (Lipinski definition) is 6. The van der Waals surface area contributed by atoms with E-state index >= 15 is 0 Å². The number of rotatable bonds is 7. The fourth-order valence-electron chi connectivity index (χ4n) is 3.28. The average molecular weight is 447 g/mol. The number of carbonyl (C=O) groups excluding carboxylic acids is 3. The molecule has 1 fully saturated rings. The zero-order chi connectivity index (χ0) is 23.6. The second kappa shape index (κ2) is 12.2. The van der Waals surface area contributed by atoms with E-state index in [0.29, 0.717) is 6.61 Å². The normalized spacial score (nSPS) is 19.8. The molecule has 1 N–H and O–H groups in total. The maximum Gasteiger partial charge on any atom is 0.433 e. The van der Waals surface area contributed by atoms with E-state index in [2.05, 4.69) is 10.3 Å². The zero-order valence-corrected chi connectivity index (χ0v) is 19.3. The molecule has 1 aliphatic rings. The number of hydrogen-bond donors (Lipinski definition) is 1. The maximum absolute atomic E-state index is 12.2. The summed E-state index contributed by atoms with van der Waals surface area (Å²) in [6, 6.07) is 8.50. The van der Waals surface area contributed by atoms with Crippen molar-refractivity contribution >= 4 is 24.4 Å². The molecule has 1 saturated carbocycles. The third kappa shape index (κ3) is 9.94. The smallest absolute Gasteiger partial charge is 0.433 e. The van der Waals surface area contributed by atoms with Crippen molar-refractivity contribution in [2.75, 3.05) is 6.61 Å². The number of carbonyl (C=O) groups is 3. The molecule has 8 nitrogen and oxygen atoms in total. The minimum Gasteiger partial charge on any atom is -0.464 e. The van der Waals surface area contributed by atoms with Crippen LogP contribution in [0.25, 0.3) is 0 Å². The Balaban J connectivity index is 1.62. The molecule has 2 amide bonds. The summed E-state index contributed by atoms with van der Waals surface area (Å²) in [4.78, 5) is 39.6. The molecule has 1 atom stereocenters. The van der Waals surface area contributed by atoms with Crippen LogP contribution >= 0.6 is 0 Å². The van der Waals surface area contributed by atoms with Crippen molar-refractivity contribution in [2.45, 2.75) is 71.6 Å². The van der Waals surface area contributed by atoms with Gasteiger partial charge in [-0.15, -0.1) is 0 Å². The Morgan fingerprint density at radius 3 is 2.38 bits per heavy atom. The summed E-state index contributed by atoms with van der Waals surface area (Å²) >= 11 is 0. The molecule has 0 aliphatic heterocycles. The molecule has 32 heavy (non-hydrogen) atoms. The molecule has 8 heteroatoms. The number of esters is 1. The molecular formula is C24H34N2O6. The van der Waals surface area contributed by atoms with Gasteiger partial charge in [-0.25, -0.2) is 14.4 Å². The van der Waals surface area contributed by atoms with Gasteiger partial charge in [-0.05, 0) is 70.8 Å². The van der Waals surface area contributed by atoms with Gasteiger partial charge in [-0.1, -0.05) is 30.3 Å². The molecule has 1 aromatic rings. The van der Waals surface area contributed by atoms with Crippen molar-refractivity contribution in [3.63, 3.8) is 0 Å². The highest BCUT2D eigenvalue weighted by Crippen LogP contribution is 2.28. The third-order valence-corrected chi connectivity index (χ3v) is 5.04.